The molecule has 3 aromatic rings. The van der Waals surface area contributed by atoms with Gasteiger partial charge in [0.15, 0.2) is 0 Å². The third-order valence-corrected chi connectivity index (χ3v) is 4.53. The van der Waals surface area contributed by atoms with Crippen LogP contribution in [0.1, 0.15) is 18.1 Å². The lowest BCUT2D eigenvalue weighted by atomic mass is 10.0. The maximum atomic E-state index is 12.9. The fraction of sp³-hybridized carbons (Fsp3) is 0.120. The number of rotatable bonds is 7. The standard InChI is InChI=1S/C25H24N2O2/c1-19(21-13-7-3-8-14-21)17-24(28)27-23(18-20-11-5-2-6-12-20)25(29)26-22-15-9-4-10-16-22/h2-17,23H,18H2,1H3,(H,26,29)(H,27,28)/b19-17+. The van der Waals surface area contributed by atoms with Gasteiger partial charge < -0.3 is 10.6 Å². The summed E-state index contributed by atoms with van der Waals surface area (Å²) in [7, 11) is 0. The summed E-state index contributed by atoms with van der Waals surface area (Å²) in [6.45, 7) is 1.88. The van der Waals surface area contributed by atoms with Crippen molar-refractivity contribution in [3.8, 4) is 0 Å². The lowest BCUT2D eigenvalue weighted by molar-refractivity contribution is -0.123. The Balaban J connectivity index is 1.75. The molecular formula is C25H24N2O2. The zero-order valence-corrected chi connectivity index (χ0v) is 16.3. The van der Waals surface area contributed by atoms with Crippen molar-refractivity contribution < 1.29 is 9.59 Å². The number of nitrogens with one attached hydrogen (secondary N) is 2. The Morgan fingerprint density at radius 3 is 2.00 bits per heavy atom. The number of benzene rings is 3. The largest absolute Gasteiger partial charge is 0.340 e. The highest BCUT2D eigenvalue weighted by atomic mass is 16.2. The summed E-state index contributed by atoms with van der Waals surface area (Å²) < 4.78 is 0. The van der Waals surface area contributed by atoms with Gasteiger partial charge in [0.2, 0.25) is 11.8 Å². The summed E-state index contributed by atoms with van der Waals surface area (Å²) >= 11 is 0. The quantitative estimate of drug-likeness (QED) is 0.591. The fourth-order valence-corrected chi connectivity index (χ4v) is 3.00. The van der Waals surface area contributed by atoms with Crippen LogP contribution < -0.4 is 10.6 Å². The molecule has 0 aromatic heterocycles. The molecule has 1 atom stereocenters. The van der Waals surface area contributed by atoms with E-state index in [0.29, 0.717) is 12.1 Å². The third-order valence-electron chi connectivity index (χ3n) is 4.53. The number of amides is 2. The van der Waals surface area contributed by atoms with E-state index in [1.54, 1.807) is 0 Å². The second kappa shape index (κ2) is 10.0. The second-order valence-electron chi connectivity index (χ2n) is 6.80. The Bertz CT molecular complexity index is 967. The van der Waals surface area contributed by atoms with Crippen molar-refractivity contribution in [1.82, 2.24) is 5.32 Å². The van der Waals surface area contributed by atoms with Crippen LogP contribution in [0.2, 0.25) is 0 Å². The van der Waals surface area contributed by atoms with Crippen LogP contribution in [0.3, 0.4) is 0 Å². The number of carbonyl (C=O) groups is 2. The van der Waals surface area contributed by atoms with Crippen LogP contribution in [0, 0.1) is 0 Å². The van der Waals surface area contributed by atoms with Crippen LogP contribution in [0.5, 0.6) is 0 Å². The number of anilines is 1. The second-order valence-corrected chi connectivity index (χ2v) is 6.80. The highest BCUT2D eigenvalue weighted by Crippen LogP contribution is 2.13. The van der Waals surface area contributed by atoms with Gasteiger partial charge in [-0.1, -0.05) is 78.9 Å². The van der Waals surface area contributed by atoms with Gasteiger partial charge in [0.1, 0.15) is 6.04 Å². The van der Waals surface area contributed by atoms with Crippen molar-refractivity contribution in [3.05, 3.63) is 108 Å². The van der Waals surface area contributed by atoms with Crippen molar-refractivity contribution in [2.24, 2.45) is 0 Å². The Morgan fingerprint density at radius 2 is 1.38 bits per heavy atom. The minimum absolute atomic E-state index is 0.251. The van der Waals surface area contributed by atoms with E-state index in [4.69, 9.17) is 0 Å². The number of para-hydroxylation sites is 1. The molecule has 0 saturated carbocycles. The molecule has 0 aliphatic heterocycles. The molecule has 0 bridgehead atoms. The SMILES string of the molecule is C/C(=C\C(=O)NC(Cc1ccccc1)C(=O)Nc1ccccc1)c1ccccc1. The molecule has 2 amide bonds. The highest BCUT2D eigenvalue weighted by Gasteiger charge is 2.21. The lowest BCUT2D eigenvalue weighted by Crippen LogP contribution is -2.44. The minimum atomic E-state index is -0.690. The first kappa shape index (κ1) is 20.1. The van der Waals surface area contributed by atoms with E-state index < -0.39 is 6.04 Å². The summed E-state index contributed by atoms with van der Waals surface area (Å²) in [6.07, 6.45) is 1.94. The van der Waals surface area contributed by atoms with Crippen LogP contribution in [0.25, 0.3) is 5.57 Å². The van der Waals surface area contributed by atoms with Crippen LogP contribution in [0.15, 0.2) is 97.1 Å². The zero-order valence-electron chi connectivity index (χ0n) is 16.3. The molecule has 0 heterocycles. The molecule has 1 unspecified atom stereocenters. The van der Waals surface area contributed by atoms with Crippen molar-refractivity contribution in [3.63, 3.8) is 0 Å². The van der Waals surface area contributed by atoms with Gasteiger partial charge in [-0.2, -0.15) is 0 Å². The van der Waals surface area contributed by atoms with Gasteiger partial charge in [0.05, 0.1) is 0 Å². The molecule has 29 heavy (non-hydrogen) atoms. The van der Waals surface area contributed by atoms with Gasteiger partial charge in [0.25, 0.3) is 0 Å². The molecule has 3 aromatic carbocycles. The fourth-order valence-electron chi connectivity index (χ4n) is 3.00. The summed E-state index contributed by atoms with van der Waals surface area (Å²) in [5.74, 6) is -0.547. The summed E-state index contributed by atoms with van der Waals surface area (Å²) in [5, 5.41) is 5.74. The Labute approximate surface area is 171 Å². The molecule has 0 fully saturated rings. The number of hydrogen-bond acceptors (Lipinski definition) is 2. The van der Waals surface area contributed by atoms with E-state index in [1.807, 2.05) is 97.9 Å². The average Bonchev–Trinajstić information content (AvgIpc) is 2.75. The predicted molar refractivity (Wildman–Crippen MR) is 117 cm³/mol. The smallest absolute Gasteiger partial charge is 0.247 e. The maximum absolute atomic E-state index is 12.9. The highest BCUT2D eigenvalue weighted by molar-refractivity contribution is 6.01. The van der Waals surface area contributed by atoms with Crippen LogP contribution in [-0.2, 0) is 16.0 Å². The minimum Gasteiger partial charge on any atom is -0.340 e. The molecule has 146 valence electrons. The van der Waals surface area contributed by atoms with E-state index in [9.17, 15) is 9.59 Å². The average molecular weight is 384 g/mol. The maximum Gasteiger partial charge on any atom is 0.247 e. The molecule has 0 aliphatic carbocycles. The Kier molecular flexibility index (Phi) is 6.95. The zero-order chi connectivity index (χ0) is 20.5. The molecule has 0 radical (unpaired) electrons. The molecule has 2 N–H and O–H groups in total. The Hall–Kier alpha value is -3.66. The molecule has 4 heteroatoms. The van der Waals surface area contributed by atoms with E-state index in [2.05, 4.69) is 10.6 Å². The molecular weight excluding hydrogens is 360 g/mol. The first-order chi connectivity index (χ1) is 14.1. The molecule has 0 aliphatic rings. The monoisotopic (exact) mass is 384 g/mol. The topological polar surface area (TPSA) is 58.2 Å². The van der Waals surface area contributed by atoms with Crippen molar-refractivity contribution in [2.75, 3.05) is 5.32 Å². The number of carbonyl (C=O) groups excluding carboxylic acids is 2. The third kappa shape index (κ3) is 6.18. The normalized spacial score (nSPS) is 12.1. The first-order valence-electron chi connectivity index (χ1n) is 9.56. The van der Waals surface area contributed by atoms with Gasteiger partial charge in [-0.05, 0) is 35.8 Å². The van der Waals surface area contributed by atoms with Crippen LogP contribution in [0.4, 0.5) is 5.69 Å². The van der Waals surface area contributed by atoms with Gasteiger partial charge in [-0.25, -0.2) is 0 Å². The van der Waals surface area contributed by atoms with Gasteiger partial charge in [0, 0.05) is 18.2 Å². The predicted octanol–water partition coefficient (Wildman–Crippen LogP) is 4.46. The van der Waals surface area contributed by atoms with Crippen LogP contribution in [-0.4, -0.2) is 17.9 Å². The summed E-state index contributed by atoms with van der Waals surface area (Å²) in [4.78, 5) is 25.5. The molecule has 0 saturated heterocycles. The van der Waals surface area contributed by atoms with Gasteiger partial charge in [-0.3, -0.25) is 9.59 Å². The Morgan fingerprint density at radius 1 is 0.828 bits per heavy atom. The molecule has 0 spiro atoms. The lowest BCUT2D eigenvalue weighted by Gasteiger charge is -2.18. The molecule has 4 nitrogen and oxygen atoms in total. The summed E-state index contributed by atoms with van der Waals surface area (Å²) in [5.41, 5.74) is 3.48. The van der Waals surface area contributed by atoms with Crippen LogP contribution >= 0.6 is 0 Å². The van der Waals surface area contributed by atoms with E-state index in [0.717, 1.165) is 16.7 Å². The number of hydrogen-bond donors (Lipinski definition) is 2. The van der Waals surface area contributed by atoms with E-state index in [-0.39, 0.29) is 11.8 Å². The molecule has 3 rings (SSSR count). The van der Waals surface area contributed by atoms with Crippen molar-refractivity contribution in [1.29, 1.82) is 0 Å². The summed E-state index contributed by atoms with van der Waals surface area (Å²) in [6, 6.07) is 27.9. The number of allylic oxidation sites excluding steroid dienone is 1. The van der Waals surface area contributed by atoms with Gasteiger partial charge >= 0.3 is 0 Å². The van der Waals surface area contributed by atoms with Crippen molar-refractivity contribution in [2.45, 2.75) is 19.4 Å². The van der Waals surface area contributed by atoms with E-state index in [1.165, 1.54) is 6.08 Å². The van der Waals surface area contributed by atoms with Gasteiger partial charge in [-0.15, -0.1) is 0 Å². The van der Waals surface area contributed by atoms with Crippen molar-refractivity contribution >= 4 is 23.1 Å². The first-order valence-corrected chi connectivity index (χ1v) is 9.56. The van der Waals surface area contributed by atoms with E-state index >= 15 is 0 Å².